The number of ether oxygens (including phenoxy) is 1. The largest absolute Gasteiger partial charge is 0.494 e. The van der Waals surface area contributed by atoms with Crippen molar-refractivity contribution in [3.8, 4) is 0 Å². The highest BCUT2D eigenvalue weighted by molar-refractivity contribution is 6.62. The Balaban J connectivity index is 2.50. The fraction of sp³-hybridized carbons (Fsp3) is 0.615. The van der Waals surface area contributed by atoms with Crippen LogP contribution in [0.2, 0.25) is 0 Å². The van der Waals surface area contributed by atoms with Crippen molar-refractivity contribution < 1.29 is 18.2 Å². The number of pyridine rings is 1. The third-order valence-corrected chi connectivity index (χ3v) is 3.43. The van der Waals surface area contributed by atoms with Gasteiger partial charge in [0.25, 0.3) is 0 Å². The van der Waals surface area contributed by atoms with Gasteiger partial charge in [0.2, 0.25) is 0 Å². The summed E-state index contributed by atoms with van der Waals surface area (Å²) in [5, 5.41) is 0. The molecule has 0 unspecified atom stereocenters. The van der Waals surface area contributed by atoms with Crippen molar-refractivity contribution in [2.45, 2.75) is 45.5 Å². The summed E-state index contributed by atoms with van der Waals surface area (Å²) in [6.45, 7) is 7.72. The van der Waals surface area contributed by atoms with Crippen LogP contribution in [0.4, 0.5) is 0 Å². The number of nitrogens with zero attached hydrogens (tertiary/aromatic N) is 1. The normalized spacial score (nSPS) is 23.6. The van der Waals surface area contributed by atoms with E-state index in [1.807, 2.05) is 27.7 Å². The maximum absolute atomic E-state index is 8.21. The third-order valence-electron chi connectivity index (χ3n) is 3.43. The van der Waals surface area contributed by atoms with Crippen molar-refractivity contribution in [2.75, 3.05) is 7.11 Å². The molecule has 0 aliphatic carbocycles. The van der Waals surface area contributed by atoms with Gasteiger partial charge in [-0.25, -0.2) is 0 Å². The lowest BCUT2D eigenvalue weighted by Crippen LogP contribution is -2.41. The van der Waals surface area contributed by atoms with E-state index in [0.29, 0.717) is 5.69 Å². The molecule has 1 aromatic heterocycles. The molecule has 5 heteroatoms. The van der Waals surface area contributed by atoms with E-state index in [1.54, 1.807) is 0 Å². The highest BCUT2D eigenvalue weighted by Gasteiger charge is 2.51. The molecule has 98 valence electrons. The van der Waals surface area contributed by atoms with E-state index >= 15 is 0 Å². The zero-order valence-electron chi connectivity index (χ0n) is 14.5. The van der Waals surface area contributed by atoms with Crippen molar-refractivity contribution >= 4 is 12.6 Å². The average molecular weight is 252 g/mol. The molecule has 4 nitrogen and oxygen atoms in total. The number of hydrogen-bond donors (Lipinski definition) is 0. The van der Waals surface area contributed by atoms with Crippen molar-refractivity contribution in [2.24, 2.45) is 0 Å². The maximum Gasteiger partial charge on any atom is 0.494 e. The van der Waals surface area contributed by atoms with Crippen LogP contribution in [0, 0.1) is 0 Å². The second kappa shape index (κ2) is 4.65. The molecule has 0 bridgehead atoms. The van der Waals surface area contributed by atoms with E-state index in [9.17, 15) is 0 Å². The van der Waals surface area contributed by atoms with Gasteiger partial charge in [0.05, 0.1) is 27.6 Å². The van der Waals surface area contributed by atoms with Gasteiger partial charge < -0.3 is 14.0 Å². The second-order valence-electron chi connectivity index (χ2n) is 5.36. The van der Waals surface area contributed by atoms with Crippen molar-refractivity contribution in [1.82, 2.24) is 4.98 Å². The first-order valence-electron chi connectivity index (χ1n) is 7.42. The van der Waals surface area contributed by atoms with E-state index in [4.69, 9.17) is 18.2 Å². The summed E-state index contributed by atoms with van der Waals surface area (Å²) in [6.07, 6.45) is -0.206. The van der Waals surface area contributed by atoms with Gasteiger partial charge in [0.1, 0.15) is 0 Å². The first-order chi connectivity index (χ1) is 9.60. The van der Waals surface area contributed by atoms with E-state index in [0.717, 1.165) is 0 Å². The van der Waals surface area contributed by atoms with Crippen LogP contribution >= 0.6 is 0 Å². The summed E-state index contributed by atoms with van der Waals surface area (Å²) in [4.78, 5) is 3.92. The van der Waals surface area contributed by atoms with Crippen LogP contribution in [-0.2, 0) is 20.7 Å². The van der Waals surface area contributed by atoms with Gasteiger partial charge in [-0.3, -0.25) is 4.98 Å². The van der Waals surface area contributed by atoms with Gasteiger partial charge in [0, 0.05) is 13.3 Å². The number of rotatable bonds is 3. The first-order valence-corrected chi connectivity index (χ1v) is 5.92. The number of methoxy groups -OCH3 is 1. The van der Waals surface area contributed by atoms with Gasteiger partial charge in [-0.2, -0.15) is 0 Å². The summed E-state index contributed by atoms with van der Waals surface area (Å²) < 4.78 is 40.8. The molecule has 0 atom stereocenters. The van der Waals surface area contributed by atoms with Gasteiger partial charge >= 0.3 is 7.12 Å². The van der Waals surface area contributed by atoms with Crippen LogP contribution in [0.3, 0.4) is 0 Å². The summed E-state index contributed by atoms with van der Waals surface area (Å²) in [5.41, 5.74) is -0.587. The molecule has 0 saturated carbocycles. The average Bonchev–Trinajstić information content (AvgIpc) is 2.55. The fourth-order valence-corrected chi connectivity index (χ4v) is 1.65. The molecule has 0 amide bonds. The molecule has 2 rings (SSSR count). The molecule has 1 aromatic rings. The molecule has 18 heavy (non-hydrogen) atoms. The predicted octanol–water partition coefficient (Wildman–Crippen LogP) is 1.53. The minimum Gasteiger partial charge on any atom is -0.399 e. The third kappa shape index (κ3) is 2.43. The highest BCUT2D eigenvalue weighted by Crippen LogP contribution is 2.36. The zero-order valence-corrected chi connectivity index (χ0v) is 11.5. The topological polar surface area (TPSA) is 40.6 Å². The molecule has 1 aliphatic heterocycles. The Morgan fingerprint density at radius 3 is 2.50 bits per heavy atom. The van der Waals surface area contributed by atoms with Gasteiger partial charge in [-0.15, -0.1) is 0 Å². The standard InChI is InChI=1S/C13H20BNO3/c1-12(2)13(3,4)18-14(17-12)10-6-7-15-11(8-10)9-16-5/h6-8H,9H2,1-5H3/i6D,7D,8D. The van der Waals surface area contributed by atoms with Crippen LogP contribution in [0.15, 0.2) is 18.3 Å². The van der Waals surface area contributed by atoms with Crippen molar-refractivity contribution in [1.29, 1.82) is 0 Å². The summed E-state index contributed by atoms with van der Waals surface area (Å²) in [6, 6.07) is -0.102. The SMILES string of the molecule is [2H]c1nc(COC)c([2H])c(B2OC(C)(C)C(C)(C)O2)c1[2H]. The van der Waals surface area contributed by atoms with Crippen LogP contribution in [0.25, 0.3) is 0 Å². The predicted molar refractivity (Wildman–Crippen MR) is 70.7 cm³/mol. The van der Waals surface area contributed by atoms with Gasteiger partial charge in [-0.1, -0.05) is 0 Å². The summed E-state index contributed by atoms with van der Waals surface area (Å²) >= 11 is 0. The number of aromatic nitrogens is 1. The zero-order chi connectivity index (χ0) is 16.0. The molecular formula is C13H20BNO3. The Labute approximate surface area is 113 Å². The molecular weight excluding hydrogens is 229 g/mol. The number of hydrogen-bond acceptors (Lipinski definition) is 4. The van der Waals surface area contributed by atoms with E-state index in [2.05, 4.69) is 4.98 Å². The molecule has 2 heterocycles. The maximum atomic E-state index is 8.21. The Kier molecular flexibility index (Phi) is 2.57. The van der Waals surface area contributed by atoms with Crippen molar-refractivity contribution in [3.05, 3.63) is 24.0 Å². The highest BCUT2D eigenvalue weighted by atomic mass is 16.7. The Bertz CT molecular complexity index is 550. The summed E-state index contributed by atoms with van der Waals surface area (Å²) in [5.74, 6) is 0. The molecule has 0 N–H and O–H groups in total. The van der Waals surface area contributed by atoms with Gasteiger partial charge in [0.15, 0.2) is 0 Å². The first kappa shape index (κ1) is 9.95. The van der Waals surface area contributed by atoms with Gasteiger partial charge in [-0.05, 0) is 45.2 Å². The molecule has 1 fully saturated rings. The van der Waals surface area contributed by atoms with E-state index < -0.39 is 18.3 Å². The lowest BCUT2D eigenvalue weighted by Gasteiger charge is -2.32. The van der Waals surface area contributed by atoms with Crippen LogP contribution in [0.5, 0.6) is 0 Å². The minimum atomic E-state index is -0.849. The molecule has 0 spiro atoms. The molecule has 1 aliphatic rings. The van der Waals surface area contributed by atoms with Crippen LogP contribution in [0.1, 0.15) is 37.5 Å². The van der Waals surface area contributed by atoms with E-state index in [1.165, 1.54) is 7.11 Å². The smallest absolute Gasteiger partial charge is 0.399 e. The van der Waals surface area contributed by atoms with Crippen molar-refractivity contribution in [3.63, 3.8) is 0 Å². The van der Waals surface area contributed by atoms with Crippen LogP contribution < -0.4 is 5.46 Å². The van der Waals surface area contributed by atoms with E-state index in [-0.39, 0.29) is 30.3 Å². The Morgan fingerprint density at radius 1 is 1.33 bits per heavy atom. The molecule has 1 saturated heterocycles. The lowest BCUT2D eigenvalue weighted by molar-refractivity contribution is 0.00578. The summed E-state index contributed by atoms with van der Waals surface area (Å²) in [7, 11) is 0.645. The molecule has 0 aromatic carbocycles. The fourth-order valence-electron chi connectivity index (χ4n) is 1.65. The minimum absolute atomic E-state index is 0.0383. The Morgan fingerprint density at radius 2 is 1.94 bits per heavy atom. The second-order valence-corrected chi connectivity index (χ2v) is 5.36. The van der Waals surface area contributed by atoms with Crippen LogP contribution in [-0.4, -0.2) is 30.4 Å². The monoisotopic (exact) mass is 252 g/mol. The lowest BCUT2D eigenvalue weighted by atomic mass is 9.79. The quantitative estimate of drug-likeness (QED) is 0.765. The molecule has 0 radical (unpaired) electrons. The Hall–Kier alpha value is -0.905.